The van der Waals surface area contributed by atoms with Gasteiger partial charge in [0.2, 0.25) is 0 Å². The molecule has 2 aromatic rings. The van der Waals surface area contributed by atoms with Gasteiger partial charge in [-0.25, -0.2) is 9.59 Å². The number of nitrogens with zero attached hydrogens (tertiary/aromatic N) is 2. The third kappa shape index (κ3) is 9.07. The molecular weight excluding hydrogens is 530 g/mol. The fourth-order valence-corrected chi connectivity index (χ4v) is 6.44. The largest absolute Gasteiger partial charge is 0.497 e. The summed E-state index contributed by atoms with van der Waals surface area (Å²) in [7, 11) is 4.05. The molecule has 4 N–H and O–H groups in total. The molecule has 2 aromatic carbocycles. The summed E-state index contributed by atoms with van der Waals surface area (Å²) in [4.78, 5) is 21.7. The molecule has 40 heavy (non-hydrogen) atoms. The Morgan fingerprint density at radius 2 is 1.70 bits per heavy atom. The van der Waals surface area contributed by atoms with Crippen LogP contribution >= 0.6 is 11.8 Å². The Morgan fingerprint density at radius 1 is 1.05 bits per heavy atom. The summed E-state index contributed by atoms with van der Waals surface area (Å²) in [5.74, 6) is -0.594. The Morgan fingerprint density at radius 3 is 2.33 bits per heavy atom. The predicted molar refractivity (Wildman–Crippen MR) is 159 cm³/mol. The van der Waals surface area contributed by atoms with Gasteiger partial charge in [-0.15, -0.1) is 0 Å². The minimum atomic E-state index is -1.26. The Balaban J connectivity index is 0.000000482. The SMILES string of the molecule is COc1ccc(COCCCCN2CCC([N+]3(C)c4ccccc4CSC3N)CC2)cc1.O=C(O)/C=C/C(=O)O. The number of nitrogens with two attached hydrogens (primary N) is 1. The van der Waals surface area contributed by atoms with Crippen LogP contribution in [-0.2, 0) is 26.7 Å². The fraction of sp³-hybridized carbons (Fsp3) is 0.467. The van der Waals surface area contributed by atoms with Crippen molar-refractivity contribution < 1.29 is 29.3 Å². The van der Waals surface area contributed by atoms with Crippen LogP contribution in [0, 0.1) is 0 Å². The molecule has 1 saturated heterocycles. The van der Waals surface area contributed by atoms with Crippen molar-refractivity contribution in [2.45, 2.75) is 49.6 Å². The van der Waals surface area contributed by atoms with Crippen LogP contribution in [0.4, 0.5) is 5.69 Å². The number of aliphatic carboxylic acids is 2. The predicted octanol–water partition coefficient (Wildman–Crippen LogP) is 4.29. The maximum Gasteiger partial charge on any atom is 0.328 e. The van der Waals surface area contributed by atoms with Gasteiger partial charge in [0, 0.05) is 56.0 Å². The Kier molecular flexibility index (Phi) is 12.5. The summed E-state index contributed by atoms with van der Waals surface area (Å²) in [6, 6.07) is 17.6. The number of quaternary nitrogens is 1. The molecule has 2 unspecified atom stereocenters. The Labute approximate surface area is 241 Å². The number of carboxylic acid groups (broad SMARTS) is 2. The van der Waals surface area contributed by atoms with E-state index in [-0.39, 0.29) is 5.50 Å². The molecular formula is C30H42N3O6S+. The van der Waals surface area contributed by atoms with E-state index in [0.717, 1.165) is 29.0 Å². The lowest BCUT2D eigenvalue weighted by atomic mass is 9.98. The molecule has 4 rings (SSSR count). The van der Waals surface area contributed by atoms with Crippen molar-refractivity contribution in [1.29, 1.82) is 0 Å². The summed E-state index contributed by atoms with van der Waals surface area (Å²) >= 11 is 1.90. The van der Waals surface area contributed by atoms with Crippen molar-refractivity contribution in [3.05, 3.63) is 71.8 Å². The highest BCUT2D eigenvalue weighted by molar-refractivity contribution is 7.99. The number of thioether (sulfide) groups is 1. The van der Waals surface area contributed by atoms with Crippen molar-refractivity contribution in [2.75, 3.05) is 40.4 Å². The number of piperidine rings is 1. The van der Waals surface area contributed by atoms with Gasteiger partial charge in [0.15, 0.2) is 5.50 Å². The topological polar surface area (TPSA) is 122 Å². The maximum atomic E-state index is 9.55. The second-order valence-electron chi connectivity index (χ2n) is 10.2. The number of benzene rings is 2. The molecule has 2 atom stereocenters. The molecule has 0 aromatic heterocycles. The van der Waals surface area contributed by atoms with Gasteiger partial charge in [-0.2, -0.15) is 0 Å². The number of unbranched alkanes of at least 4 members (excludes halogenated alkanes) is 1. The number of rotatable bonds is 11. The first-order chi connectivity index (χ1) is 19.2. The molecule has 0 aliphatic carbocycles. The Bertz CT molecular complexity index is 1100. The fourth-order valence-electron chi connectivity index (χ4n) is 5.25. The van der Waals surface area contributed by atoms with Crippen LogP contribution < -0.4 is 15.0 Å². The molecule has 0 saturated carbocycles. The zero-order chi connectivity index (χ0) is 29.0. The minimum absolute atomic E-state index is 0.129. The van der Waals surface area contributed by atoms with Crippen molar-refractivity contribution in [3.63, 3.8) is 0 Å². The highest BCUT2D eigenvalue weighted by Crippen LogP contribution is 2.42. The summed E-state index contributed by atoms with van der Waals surface area (Å²) < 4.78 is 11.9. The lowest BCUT2D eigenvalue weighted by Gasteiger charge is -2.50. The molecule has 0 amide bonds. The summed E-state index contributed by atoms with van der Waals surface area (Å²) in [5.41, 5.74) is 10.9. The van der Waals surface area contributed by atoms with Crippen LogP contribution in [0.3, 0.4) is 0 Å². The number of fused-ring (bicyclic) bond motifs is 1. The van der Waals surface area contributed by atoms with E-state index in [0.29, 0.717) is 24.8 Å². The number of likely N-dealkylation sites (tertiary alicyclic amines) is 1. The zero-order valence-electron chi connectivity index (χ0n) is 23.4. The molecule has 1 fully saturated rings. The lowest BCUT2D eigenvalue weighted by Crippen LogP contribution is -2.65. The number of ether oxygens (including phenoxy) is 2. The van der Waals surface area contributed by atoms with Gasteiger partial charge in [0.1, 0.15) is 11.4 Å². The van der Waals surface area contributed by atoms with Gasteiger partial charge in [-0.3, -0.25) is 10.2 Å². The van der Waals surface area contributed by atoms with Crippen molar-refractivity contribution in [2.24, 2.45) is 5.73 Å². The summed E-state index contributed by atoms with van der Waals surface area (Å²) in [6.07, 6.45) is 5.85. The number of carboxylic acids is 2. The van der Waals surface area contributed by atoms with E-state index < -0.39 is 11.9 Å². The van der Waals surface area contributed by atoms with Crippen LogP contribution in [0.2, 0.25) is 0 Å². The molecule has 10 heteroatoms. The molecule has 218 valence electrons. The van der Waals surface area contributed by atoms with E-state index in [1.807, 2.05) is 23.9 Å². The van der Waals surface area contributed by atoms with Crippen LogP contribution in [-0.4, -0.2) is 79.0 Å². The molecule has 0 bridgehead atoms. The smallest absolute Gasteiger partial charge is 0.328 e. The lowest BCUT2D eigenvalue weighted by molar-refractivity contribution is -0.134. The highest BCUT2D eigenvalue weighted by atomic mass is 32.2. The Hall–Kier alpha value is -2.89. The van der Waals surface area contributed by atoms with Crippen LogP contribution in [0.5, 0.6) is 5.75 Å². The van der Waals surface area contributed by atoms with E-state index >= 15 is 0 Å². The quantitative estimate of drug-likeness (QED) is 0.206. The first-order valence-electron chi connectivity index (χ1n) is 13.6. The van der Waals surface area contributed by atoms with Gasteiger partial charge in [0.25, 0.3) is 0 Å². The summed E-state index contributed by atoms with van der Waals surface area (Å²) in [6.45, 7) is 5.00. The monoisotopic (exact) mass is 572 g/mol. The number of hydrogen-bond donors (Lipinski definition) is 3. The first-order valence-corrected chi connectivity index (χ1v) is 14.7. The number of hydrogen-bond acceptors (Lipinski definition) is 7. The second kappa shape index (κ2) is 15.8. The van der Waals surface area contributed by atoms with Crippen molar-refractivity contribution in [1.82, 2.24) is 9.38 Å². The molecule has 2 heterocycles. The van der Waals surface area contributed by atoms with Gasteiger partial charge in [-0.1, -0.05) is 42.1 Å². The van der Waals surface area contributed by atoms with Gasteiger partial charge in [0.05, 0.1) is 26.8 Å². The molecule has 2 aliphatic rings. The van der Waals surface area contributed by atoms with E-state index in [1.54, 1.807) is 7.11 Å². The molecule has 0 spiro atoms. The zero-order valence-corrected chi connectivity index (χ0v) is 24.2. The molecule has 2 aliphatic heterocycles. The number of para-hydroxylation sites is 1. The third-order valence-corrected chi connectivity index (χ3v) is 8.83. The molecule has 9 nitrogen and oxygen atoms in total. The minimum Gasteiger partial charge on any atom is -0.497 e. The highest BCUT2D eigenvalue weighted by Gasteiger charge is 2.45. The van der Waals surface area contributed by atoms with E-state index in [1.165, 1.54) is 55.7 Å². The van der Waals surface area contributed by atoms with E-state index in [2.05, 4.69) is 48.3 Å². The number of carbonyl (C=O) groups is 2. The van der Waals surface area contributed by atoms with Gasteiger partial charge in [-0.05, 0) is 43.1 Å². The summed E-state index contributed by atoms with van der Waals surface area (Å²) in [5, 5.41) is 15.6. The van der Waals surface area contributed by atoms with Crippen molar-refractivity contribution in [3.8, 4) is 5.75 Å². The van der Waals surface area contributed by atoms with Crippen molar-refractivity contribution >= 4 is 29.4 Å². The average molecular weight is 573 g/mol. The average Bonchev–Trinajstić information content (AvgIpc) is 2.97. The van der Waals surface area contributed by atoms with Crippen LogP contribution in [0.25, 0.3) is 0 Å². The van der Waals surface area contributed by atoms with Gasteiger partial charge >= 0.3 is 11.9 Å². The standard InChI is InChI=1S/C26H38N3O2S.C4H4O4/c1-29(25-8-4-3-7-22(25)20-32-26(29)27)23-13-16-28(17-14-23)15-5-6-18-31-19-21-9-11-24(30-2)12-10-21;5-3(6)1-2-4(7)8/h3-4,7-12,23,26H,5-6,13-20,27H2,1-2H3;1-2H,(H,5,6)(H,7,8)/q+1;/b;2-1+. The number of methoxy groups -OCH3 is 1. The maximum absolute atomic E-state index is 9.55. The third-order valence-electron chi connectivity index (χ3n) is 7.57. The van der Waals surface area contributed by atoms with E-state index in [9.17, 15) is 9.59 Å². The molecule has 0 radical (unpaired) electrons. The first kappa shape index (κ1) is 31.6. The second-order valence-corrected chi connectivity index (χ2v) is 11.3. The normalized spacial score (nSPS) is 21.3. The van der Waals surface area contributed by atoms with Crippen LogP contribution in [0.15, 0.2) is 60.7 Å². The van der Waals surface area contributed by atoms with Gasteiger partial charge < -0.3 is 24.6 Å². The van der Waals surface area contributed by atoms with Crippen LogP contribution in [0.1, 0.15) is 36.8 Å². The van der Waals surface area contributed by atoms with E-state index in [4.69, 9.17) is 25.4 Å².